The molecule has 0 aliphatic heterocycles. The molecule has 2 fully saturated rings. The zero-order valence-electron chi connectivity index (χ0n) is 10.9. The summed E-state index contributed by atoms with van der Waals surface area (Å²) in [6.45, 7) is 0. The maximum atomic E-state index is 11.0. The van der Waals surface area contributed by atoms with Crippen LogP contribution >= 0.6 is 0 Å². The van der Waals surface area contributed by atoms with Crippen LogP contribution in [-0.2, 0) is 0 Å². The zero-order valence-corrected chi connectivity index (χ0v) is 10.9. The molecule has 0 amide bonds. The minimum absolute atomic E-state index is 0.235. The molecule has 0 saturated heterocycles. The molecule has 2 N–H and O–H groups in total. The third kappa shape index (κ3) is 2.14. The maximum Gasteiger partial charge on any atom is 0.0875 e. The van der Waals surface area contributed by atoms with Crippen LogP contribution in [0.3, 0.4) is 0 Å². The van der Waals surface area contributed by atoms with Crippen molar-refractivity contribution in [3.05, 3.63) is 30.3 Å². The van der Waals surface area contributed by atoms with Gasteiger partial charge in [0.05, 0.1) is 11.6 Å². The Balaban J connectivity index is 1.78. The molecular weight excluding hydrogens is 222 g/mol. The van der Waals surface area contributed by atoms with Crippen LogP contribution in [0.1, 0.15) is 44.9 Å². The average molecular weight is 245 g/mol. The number of nitrogens with one attached hydrogen (secondary N) is 1. The molecule has 0 spiro atoms. The number of para-hydroxylation sites is 1. The summed E-state index contributed by atoms with van der Waals surface area (Å²) in [6, 6.07) is 10.6. The normalized spacial score (nSPS) is 35.8. The van der Waals surface area contributed by atoms with Crippen LogP contribution in [0.5, 0.6) is 0 Å². The first-order chi connectivity index (χ1) is 8.79. The molecule has 0 heterocycles. The van der Waals surface area contributed by atoms with E-state index in [1.165, 1.54) is 32.1 Å². The third-order valence-electron chi connectivity index (χ3n) is 4.85. The Bertz CT molecular complexity index is 389. The van der Waals surface area contributed by atoms with Crippen molar-refractivity contribution < 1.29 is 5.11 Å². The highest BCUT2D eigenvalue weighted by molar-refractivity contribution is 5.44. The molecule has 0 bridgehead atoms. The highest BCUT2D eigenvalue weighted by atomic mass is 16.3. The lowest BCUT2D eigenvalue weighted by Gasteiger charge is -2.49. The van der Waals surface area contributed by atoms with Gasteiger partial charge >= 0.3 is 0 Å². The SMILES string of the molecule is O[C@]12CCCC[C@@H]1CCC[C@@H]2Nc1ccccc1. The van der Waals surface area contributed by atoms with Gasteiger partial charge in [0.15, 0.2) is 0 Å². The van der Waals surface area contributed by atoms with Gasteiger partial charge in [0.25, 0.3) is 0 Å². The average Bonchev–Trinajstić information content (AvgIpc) is 2.41. The molecule has 2 aliphatic rings. The second-order valence-electron chi connectivity index (χ2n) is 5.93. The summed E-state index contributed by atoms with van der Waals surface area (Å²) in [7, 11) is 0. The molecule has 0 aromatic heterocycles. The van der Waals surface area contributed by atoms with E-state index in [0.717, 1.165) is 18.5 Å². The lowest BCUT2D eigenvalue weighted by Crippen LogP contribution is -2.56. The Morgan fingerprint density at radius 2 is 1.78 bits per heavy atom. The summed E-state index contributed by atoms with van der Waals surface area (Å²) in [5, 5.41) is 14.6. The summed E-state index contributed by atoms with van der Waals surface area (Å²) >= 11 is 0. The van der Waals surface area contributed by atoms with E-state index >= 15 is 0 Å². The van der Waals surface area contributed by atoms with Crippen molar-refractivity contribution in [1.29, 1.82) is 0 Å². The first-order valence-corrected chi connectivity index (χ1v) is 7.33. The van der Waals surface area contributed by atoms with Crippen LogP contribution in [0.25, 0.3) is 0 Å². The summed E-state index contributed by atoms with van der Waals surface area (Å²) in [5.41, 5.74) is 0.675. The van der Waals surface area contributed by atoms with Gasteiger partial charge in [-0.25, -0.2) is 0 Å². The minimum Gasteiger partial charge on any atom is -0.387 e. The predicted molar refractivity (Wildman–Crippen MR) is 74.6 cm³/mol. The standard InChI is InChI=1S/C16H23NO/c18-16-12-5-4-7-13(16)8-6-11-15(16)17-14-9-2-1-3-10-14/h1-3,9-10,13,15,17-18H,4-8,11-12H2/t13-,15+,16-/m1/s1. The monoisotopic (exact) mass is 245 g/mol. The van der Waals surface area contributed by atoms with E-state index in [4.69, 9.17) is 0 Å². The number of rotatable bonds is 2. The lowest BCUT2D eigenvalue weighted by atomic mass is 9.65. The van der Waals surface area contributed by atoms with Crippen molar-refractivity contribution in [3.63, 3.8) is 0 Å². The van der Waals surface area contributed by atoms with E-state index in [-0.39, 0.29) is 6.04 Å². The fraction of sp³-hybridized carbons (Fsp3) is 0.625. The summed E-state index contributed by atoms with van der Waals surface area (Å²) in [4.78, 5) is 0. The fourth-order valence-corrected chi connectivity index (χ4v) is 3.86. The molecular formula is C16H23NO. The number of fused-ring (bicyclic) bond motifs is 1. The van der Waals surface area contributed by atoms with Gasteiger partial charge in [-0.3, -0.25) is 0 Å². The highest BCUT2D eigenvalue weighted by Gasteiger charge is 2.47. The molecule has 0 unspecified atom stereocenters. The van der Waals surface area contributed by atoms with Crippen molar-refractivity contribution in [3.8, 4) is 0 Å². The summed E-state index contributed by atoms with van der Waals surface area (Å²) < 4.78 is 0. The van der Waals surface area contributed by atoms with Crippen LogP contribution in [0.2, 0.25) is 0 Å². The van der Waals surface area contributed by atoms with Crippen LogP contribution in [0.15, 0.2) is 30.3 Å². The van der Waals surface area contributed by atoms with Crippen molar-refractivity contribution in [2.45, 2.75) is 56.6 Å². The van der Waals surface area contributed by atoms with E-state index < -0.39 is 5.60 Å². The number of aliphatic hydroxyl groups is 1. The van der Waals surface area contributed by atoms with Gasteiger partial charge in [-0.1, -0.05) is 37.5 Å². The Hall–Kier alpha value is -1.02. The maximum absolute atomic E-state index is 11.0. The summed E-state index contributed by atoms with van der Waals surface area (Å²) in [6.07, 6.45) is 8.22. The van der Waals surface area contributed by atoms with E-state index in [0.29, 0.717) is 5.92 Å². The Morgan fingerprint density at radius 1 is 1.00 bits per heavy atom. The Morgan fingerprint density at radius 3 is 2.61 bits per heavy atom. The van der Waals surface area contributed by atoms with Gasteiger partial charge in [0.1, 0.15) is 0 Å². The number of benzene rings is 1. The summed E-state index contributed by atoms with van der Waals surface area (Å²) in [5.74, 6) is 0.515. The van der Waals surface area contributed by atoms with Gasteiger partial charge < -0.3 is 10.4 Å². The number of anilines is 1. The van der Waals surface area contributed by atoms with E-state index in [1.807, 2.05) is 18.2 Å². The van der Waals surface area contributed by atoms with Gasteiger partial charge in [0.2, 0.25) is 0 Å². The van der Waals surface area contributed by atoms with Crippen LogP contribution < -0.4 is 5.32 Å². The minimum atomic E-state index is -0.466. The van der Waals surface area contributed by atoms with Gasteiger partial charge in [-0.05, 0) is 43.7 Å². The molecule has 0 radical (unpaired) electrons. The first-order valence-electron chi connectivity index (χ1n) is 7.33. The molecule has 2 nitrogen and oxygen atoms in total. The van der Waals surface area contributed by atoms with Gasteiger partial charge in [-0.15, -0.1) is 0 Å². The largest absolute Gasteiger partial charge is 0.387 e. The van der Waals surface area contributed by atoms with Crippen LogP contribution in [0, 0.1) is 5.92 Å². The van der Waals surface area contributed by atoms with E-state index in [2.05, 4.69) is 17.4 Å². The molecule has 98 valence electrons. The van der Waals surface area contributed by atoms with E-state index in [1.54, 1.807) is 0 Å². The zero-order chi connectivity index (χ0) is 12.4. The Labute approximate surface area is 109 Å². The molecule has 3 atom stereocenters. The van der Waals surface area contributed by atoms with Gasteiger partial charge in [-0.2, -0.15) is 0 Å². The van der Waals surface area contributed by atoms with E-state index in [9.17, 15) is 5.11 Å². The quantitative estimate of drug-likeness (QED) is 0.835. The van der Waals surface area contributed by atoms with Crippen LogP contribution in [-0.4, -0.2) is 16.7 Å². The van der Waals surface area contributed by atoms with Crippen molar-refractivity contribution in [1.82, 2.24) is 0 Å². The third-order valence-corrected chi connectivity index (χ3v) is 4.85. The smallest absolute Gasteiger partial charge is 0.0875 e. The molecule has 18 heavy (non-hydrogen) atoms. The lowest BCUT2D eigenvalue weighted by molar-refractivity contribution is -0.0835. The molecule has 2 saturated carbocycles. The fourth-order valence-electron chi connectivity index (χ4n) is 3.86. The number of hydrogen-bond donors (Lipinski definition) is 2. The number of hydrogen-bond acceptors (Lipinski definition) is 2. The van der Waals surface area contributed by atoms with Gasteiger partial charge in [0, 0.05) is 5.69 Å². The molecule has 1 aromatic rings. The molecule has 3 rings (SSSR count). The highest BCUT2D eigenvalue weighted by Crippen LogP contribution is 2.44. The van der Waals surface area contributed by atoms with Crippen molar-refractivity contribution in [2.75, 3.05) is 5.32 Å². The van der Waals surface area contributed by atoms with Crippen LogP contribution in [0.4, 0.5) is 5.69 Å². The second-order valence-corrected chi connectivity index (χ2v) is 5.93. The van der Waals surface area contributed by atoms with Crippen molar-refractivity contribution in [2.24, 2.45) is 5.92 Å². The topological polar surface area (TPSA) is 32.3 Å². The molecule has 2 heteroatoms. The molecule has 2 aliphatic carbocycles. The van der Waals surface area contributed by atoms with Crippen molar-refractivity contribution >= 4 is 5.69 Å². The Kier molecular flexibility index (Phi) is 3.29. The predicted octanol–water partition coefficient (Wildman–Crippen LogP) is 3.57. The second kappa shape index (κ2) is 4.93. The first kappa shape index (κ1) is 12.0. The molecule has 1 aromatic carbocycles.